The number of hydrogen-bond donors (Lipinski definition) is 2. The number of piperidine rings is 1. The molecule has 4 heterocycles. The first-order chi connectivity index (χ1) is 15.9. The van der Waals surface area contributed by atoms with Gasteiger partial charge in [-0.3, -0.25) is 14.9 Å². The van der Waals surface area contributed by atoms with Gasteiger partial charge in [-0.2, -0.15) is 0 Å². The lowest BCUT2D eigenvalue weighted by Gasteiger charge is -2.33. The third kappa shape index (κ3) is 8.78. The van der Waals surface area contributed by atoms with Gasteiger partial charge in [0.25, 0.3) is 0 Å². The van der Waals surface area contributed by atoms with Gasteiger partial charge >= 0.3 is 0 Å². The fourth-order valence-corrected chi connectivity index (χ4v) is 4.24. The SMILES string of the molecule is I.c1coc(CCNC(=NCC2CCN(c3ccncc3)CC2)NCCN2CCOCC2)c1. The molecule has 0 unspecified atom stereocenters. The molecule has 0 aromatic carbocycles. The van der Waals surface area contributed by atoms with Crippen LogP contribution in [0.3, 0.4) is 0 Å². The van der Waals surface area contributed by atoms with Crippen LogP contribution in [0, 0.1) is 5.92 Å². The summed E-state index contributed by atoms with van der Waals surface area (Å²) < 4.78 is 10.9. The highest BCUT2D eigenvalue weighted by Gasteiger charge is 2.19. The predicted molar refractivity (Wildman–Crippen MR) is 143 cm³/mol. The van der Waals surface area contributed by atoms with E-state index < -0.39 is 0 Å². The maximum atomic E-state index is 5.45. The molecule has 9 heteroatoms. The lowest BCUT2D eigenvalue weighted by molar-refractivity contribution is 0.0389. The average Bonchev–Trinajstić information content (AvgIpc) is 3.37. The van der Waals surface area contributed by atoms with Crippen molar-refractivity contribution >= 4 is 35.6 Å². The number of rotatable bonds is 9. The van der Waals surface area contributed by atoms with Crippen LogP contribution in [0.5, 0.6) is 0 Å². The molecule has 2 aliphatic heterocycles. The van der Waals surface area contributed by atoms with Crippen LogP contribution in [0.2, 0.25) is 0 Å². The van der Waals surface area contributed by atoms with Crippen molar-refractivity contribution in [3.8, 4) is 0 Å². The number of guanidine groups is 1. The average molecular weight is 569 g/mol. The van der Waals surface area contributed by atoms with Gasteiger partial charge in [0, 0.05) is 76.9 Å². The van der Waals surface area contributed by atoms with Crippen LogP contribution in [0.25, 0.3) is 0 Å². The topological polar surface area (TPSA) is 78.2 Å². The van der Waals surface area contributed by atoms with Crippen LogP contribution in [0.15, 0.2) is 52.3 Å². The normalized spacial score (nSPS) is 18.1. The minimum atomic E-state index is 0. The van der Waals surface area contributed by atoms with E-state index in [0.717, 1.165) is 83.7 Å². The molecule has 2 aliphatic rings. The third-order valence-electron chi connectivity index (χ3n) is 6.22. The summed E-state index contributed by atoms with van der Waals surface area (Å²) in [6.45, 7) is 9.40. The van der Waals surface area contributed by atoms with E-state index in [-0.39, 0.29) is 24.0 Å². The molecule has 2 saturated heterocycles. The zero-order valence-electron chi connectivity index (χ0n) is 19.3. The van der Waals surface area contributed by atoms with Crippen LogP contribution in [-0.2, 0) is 11.2 Å². The highest BCUT2D eigenvalue weighted by molar-refractivity contribution is 14.0. The zero-order valence-corrected chi connectivity index (χ0v) is 21.7. The maximum absolute atomic E-state index is 5.45. The molecule has 0 radical (unpaired) electrons. The summed E-state index contributed by atoms with van der Waals surface area (Å²) in [4.78, 5) is 13.9. The highest BCUT2D eigenvalue weighted by atomic mass is 127. The number of pyridine rings is 1. The van der Waals surface area contributed by atoms with Gasteiger partial charge in [-0.15, -0.1) is 24.0 Å². The van der Waals surface area contributed by atoms with E-state index in [1.54, 1.807) is 6.26 Å². The first-order valence-electron chi connectivity index (χ1n) is 11.9. The number of nitrogens with zero attached hydrogens (tertiary/aromatic N) is 4. The fourth-order valence-electron chi connectivity index (χ4n) is 4.24. The van der Waals surface area contributed by atoms with Gasteiger partial charge < -0.3 is 24.7 Å². The lowest BCUT2D eigenvalue weighted by atomic mass is 9.97. The van der Waals surface area contributed by atoms with E-state index in [1.807, 2.05) is 24.5 Å². The van der Waals surface area contributed by atoms with Gasteiger partial charge in [0.15, 0.2) is 5.96 Å². The molecular formula is C24H37IN6O2. The number of hydrogen-bond acceptors (Lipinski definition) is 6. The minimum absolute atomic E-state index is 0. The largest absolute Gasteiger partial charge is 0.469 e. The zero-order chi connectivity index (χ0) is 21.8. The summed E-state index contributed by atoms with van der Waals surface area (Å²) >= 11 is 0. The molecule has 0 amide bonds. The molecular weight excluding hydrogens is 531 g/mol. The van der Waals surface area contributed by atoms with Gasteiger partial charge in [-0.1, -0.05) is 0 Å². The Morgan fingerprint density at radius 1 is 1.03 bits per heavy atom. The predicted octanol–water partition coefficient (Wildman–Crippen LogP) is 2.62. The summed E-state index contributed by atoms with van der Waals surface area (Å²) in [5.74, 6) is 2.52. The fraction of sp³-hybridized carbons (Fsp3) is 0.583. The molecule has 8 nitrogen and oxygen atoms in total. The number of furan rings is 1. The Morgan fingerprint density at radius 3 is 2.52 bits per heavy atom. The van der Waals surface area contributed by atoms with Crippen LogP contribution in [0.1, 0.15) is 18.6 Å². The molecule has 2 N–H and O–H groups in total. The quantitative estimate of drug-likeness (QED) is 0.274. The van der Waals surface area contributed by atoms with Crippen molar-refractivity contribution in [2.45, 2.75) is 19.3 Å². The third-order valence-corrected chi connectivity index (χ3v) is 6.22. The second kappa shape index (κ2) is 14.4. The summed E-state index contributed by atoms with van der Waals surface area (Å²) in [6.07, 6.45) is 8.65. The molecule has 2 aromatic heterocycles. The first kappa shape index (κ1) is 25.8. The van der Waals surface area contributed by atoms with Crippen molar-refractivity contribution < 1.29 is 9.15 Å². The Bertz CT molecular complexity index is 791. The molecule has 33 heavy (non-hydrogen) atoms. The number of aliphatic imine (C=N–C) groups is 1. The molecule has 0 atom stereocenters. The van der Waals surface area contributed by atoms with Crippen LogP contribution < -0.4 is 15.5 Å². The van der Waals surface area contributed by atoms with E-state index in [9.17, 15) is 0 Å². The number of morpholine rings is 1. The highest BCUT2D eigenvalue weighted by Crippen LogP contribution is 2.22. The van der Waals surface area contributed by atoms with Gasteiger partial charge in [0.1, 0.15) is 5.76 Å². The summed E-state index contributed by atoms with van der Waals surface area (Å²) in [6, 6.07) is 8.14. The first-order valence-corrected chi connectivity index (χ1v) is 11.9. The Morgan fingerprint density at radius 2 is 1.79 bits per heavy atom. The van der Waals surface area contributed by atoms with E-state index in [4.69, 9.17) is 14.1 Å². The number of halogens is 1. The van der Waals surface area contributed by atoms with Crippen molar-refractivity contribution in [2.75, 3.05) is 70.5 Å². The Hall–Kier alpha value is -1.85. The second-order valence-corrected chi connectivity index (χ2v) is 8.46. The Balaban J connectivity index is 0.00000306. The van der Waals surface area contributed by atoms with Crippen LogP contribution in [0.4, 0.5) is 5.69 Å². The van der Waals surface area contributed by atoms with E-state index in [1.165, 1.54) is 18.5 Å². The number of aromatic nitrogens is 1. The van der Waals surface area contributed by atoms with Gasteiger partial charge in [0.05, 0.1) is 19.5 Å². The lowest BCUT2D eigenvalue weighted by Crippen LogP contribution is -2.45. The number of ether oxygens (including phenoxy) is 1. The Kier molecular flexibility index (Phi) is 11.3. The van der Waals surface area contributed by atoms with Gasteiger partial charge in [0.2, 0.25) is 0 Å². The molecule has 0 spiro atoms. The molecule has 0 saturated carbocycles. The summed E-state index contributed by atoms with van der Waals surface area (Å²) in [5, 5.41) is 7.02. The van der Waals surface area contributed by atoms with Crippen LogP contribution >= 0.6 is 24.0 Å². The molecule has 182 valence electrons. The van der Waals surface area contributed by atoms with E-state index >= 15 is 0 Å². The van der Waals surface area contributed by atoms with Crippen molar-refractivity contribution in [1.29, 1.82) is 0 Å². The minimum Gasteiger partial charge on any atom is -0.469 e. The van der Waals surface area contributed by atoms with Gasteiger partial charge in [-0.05, 0) is 43.0 Å². The summed E-state index contributed by atoms with van der Waals surface area (Å²) in [7, 11) is 0. The van der Waals surface area contributed by atoms with Crippen molar-refractivity contribution in [1.82, 2.24) is 20.5 Å². The molecule has 0 bridgehead atoms. The van der Waals surface area contributed by atoms with Crippen LogP contribution in [-0.4, -0.2) is 81.4 Å². The molecule has 0 aliphatic carbocycles. The molecule has 2 aromatic rings. The number of anilines is 1. The standard InChI is InChI=1S/C24H36N6O2.HI/c1-2-23(32-17-1)5-10-26-24(27-11-14-29-15-18-31-19-16-29)28-20-21-6-12-30(13-7-21)22-3-8-25-9-4-22;/h1-4,8-9,17,21H,5-7,10-16,18-20H2,(H2,26,27,28);1H. The van der Waals surface area contributed by atoms with Crippen molar-refractivity contribution in [3.05, 3.63) is 48.7 Å². The van der Waals surface area contributed by atoms with Crippen molar-refractivity contribution in [3.63, 3.8) is 0 Å². The molecule has 2 fully saturated rings. The van der Waals surface area contributed by atoms with E-state index in [2.05, 4.69) is 37.6 Å². The van der Waals surface area contributed by atoms with Crippen molar-refractivity contribution in [2.24, 2.45) is 10.9 Å². The Labute approximate surface area is 214 Å². The second-order valence-electron chi connectivity index (χ2n) is 8.46. The smallest absolute Gasteiger partial charge is 0.191 e. The monoisotopic (exact) mass is 568 g/mol. The van der Waals surface area contributed by atoms with Gasteiger partial charge in [-0.25, -0.2) is 0 Å². The molecule has 4 rings (SSSR count). The number of nitrogens with one attached hydrogen (secondary N) is 2. The van der Waals surface area contributed by atoms with E-state index in [0.29, 0.717) is 5.92 Å². The maximum Gasteiger partial charge on any atom is 0.191 e. The summed E-state index contributed by atoms with van der Waals surface area (Å²) in [5.41, 5.74) is 1.27.